The lowest BCUT2D eigenvalue weighted by Gasteiger charge is -2.23. The first kappa shape index (κ1) is 18.4. The first-order chi connectivity index (χ1) is 11.3. The van der Waals surface area contributed by atoms with Gasteiger partial charge < -0.3 is 0 Å². The second kappa shape index (κ2) is 7.29. The molecule has 24 heavy (non-hydrogen) atoms. The summed E-state index contributed by atoms with van der Waals surface area (Å²) in [5.74, 6) is 1.42. The van der Waals surface area contributed by atoms with Crippen LogP contribution in [0.3, 0.4) is 0 Å². The molecular formula is C22H30O2. The van der Waals surface area contributed by atoms with E-state index in [-0.39, 0.29) is 10.8 Å². The van der Waals surface area contributed by atoms with Gasteiger partial charge in [0.05, 0.1) is 0 Å². The lowest BCUT2D eigenvalue weighted by atomic mass is 9.82. The molecule has 2 aromatic rings. The molecule has 0 atom stereocenters. The highest BCUT2D eigenvalue weighted by Gasteiger charge is 2.18. The van der Waals surface area contributed by atoms with Crippen LogP contribution in [0.2, 0.25) is 0 Å². The van der Waals surface area contributed by atoms with Crippen LogP contribution in [-0.4, -0.2) is 0 Å². The van der Waals surface area contributed by atoms with E-state index in [0.717, 1.165) is 12.8 Å². The predicted molar refractivity (Wildman–Crippen MR) is 101 cm³/mol. The van der Waals surface area contributed by atoms with Gasteiger partial charge in [-0.3, -0.25) is 9.78 Å². The van der Waals surface area contributed by atoms with Crippen LogP contribution in [0.15, 0.2) is 48.5 Å². The van der Waals surface area contributed by atoms with Crippen molar-refractivity contribution in [2.75, 3.05) is 0 Å². The molecule has 0 N–H and O–H groups in total. The van der Waals surface area contributed by atoms with Crippen molar-refractivity contribution >= 4 is 0 Å². The maximum Gasteiger partial charge on any atom is 0.178 e. The van der Waals surface area contributed by atoms with Gasteiger partial charge in [-0.15, -0.1) is 0 Å². The van der Waals surface area contributed by atoms with Crippen LogP contribution in [0.4, 0.5) is 0 Å². The van der Waals surface area contributed by atoms with Gasteiger partial charge >= 0.3 is 0 Å². The summed E-state index contributed by atoms with van der Waals surface area (Å²) in [5.41, 5.74) is 2.98. The fourth-order valence-corrected chi connectivity index (χ4v) is 2.43. The van der Waals surface area contributed by atoms with E-state index in [4.69, 9.17) is 9.78 Å². The lowest BCUT2D eigenvalue weighted by Crippen LogP contribution is -2.15. The van der Waals surface area contributed by atoms with Crippen molar-refractivity contribution in [2.45, 2.75) is 65.2 Å². The molecule has 0 saturated heterocycles. The van der Waals surface area contributed by atoms with E-state index in [1.165, 1.54) is 11.1 Å². The highest BCUT2D eigenvalue weighted by molar-refractivity contribution is 5.33. The standard InChI is InChI=1S/C22H30O2/c1-7-21(3,4)17-9-13-19(14-10-17)23-24-20-15-11-18(12-16-20)22(5,6)8-2/h9-16H,7-8H2,1-6H3. The SMILES string of the molecule is CCC(C)(C)c1ccc(OOc2ccc(C(C)(C)CC)cc2)cc1. The van der Waals surface area contributed by atoms with E-state index < -0.39 is 0 Å². The summed E-state index contributed by atoms with van der Waals surface area (Å²) in [6, 6.07) is 16.3. The molecule has 0 aliphatic heterocycles. The van der Waals surface area contributed by atoms with Crippen molar-refractivity contribution in [1.82, 2.24) is 0 Å². The molecule has 0 radical (unpaired) electrons. The zero-order chi connectivity index (χ0) is 17.8. The van der Waals surface area contributed by atoms with Crippen LogP contribution >= 0.6 is 0 Å². The summed E-state index contributed by atoms with van der Waals surface area (Å²) in [6.07, 6.45) is 2.20. The second-order valence-electron chi connectivity index (χ2n) is 7.69. The van der Waals surface area contributed by atoms with Crippen molar-refractivity contribution in [3.8, 4) is 11.5 Å². The third-order valence-corrected chi connectivity index (χ3v) is 5.27. The molecule has 0 aliphatic carbocycles. The number of rotatable bonds is 7. The van der Waals surface area contributed by atoms with Crippen molar-refractivity contribution in [2.24, 2.45) is 0 Å². The Morgan fingerprint density at radius 2 is 0.875 bits per heavy atom. The molecule has 0 fully saturated rings. The largest absolute Gasteiger partial charge is 0.290 e. The Morgan fingerprint density at radius 3 is 1.12 bits per heavy atom. The zero-order valence-corrected chi connectivity index (χ0v) is 15.8. The van der Waals surface area contributed by atoms with Crippen LogP contribution in [0.25, 0.3) is 0 Å². The van der Waals surface area contributed by atoms with Crippen LogP contribution in [0, 0.1) is 0 Å². The molecule has 130 valence electrons. The average Bonchev–Trinajstić information content (AvgIpc) is 2.60. The summed E-state index contributed by atoms with van der Waals surface area (Å²) in [7, 11) is 0. The fourth-order valence-electron chi connectivity index (χ4n) is 2.43. The van der Waals surface area contributed by atoms with Gasteiger partial charge in [0.2, 0.25) is 0 Å². The minimum absolute atomic E-state index is 0.182. The molecule has 0 saturated carbocycles. The highest BCUT2D eigenvalue weighted by Crippen LogP contribution is 2.29. The Labute approximate surface area is 146 Å². The lowest BCUT2D eigenvalue weighted by molar-refractivity contribution is -0.0999. The maximum atomic E-state index is 5.45. The number of hydrogen-bond donors (Lipinski definition) is 0. The van der Waals surface area contributed by atoms with E-state index in [0.29, 0.717) is 11.5 Å². The second-order valence-corrected chi connectivity index (χ2v) is 7.69. The molecule has 2 rings (SSSR count). The fraction of sp³-hybridized carbons (Fsp3) is 0.455. The van der Waals surface area contributed by atoms with E-state index >= 15 is 0 Å². The van der Waals surface area contributed by atoms with Crippen LogP contribution in [-0.2, 0) is 10.8 Å². The highest BCUT2D eigenvalue weighted by atomic mass is 17.2. The Bertz CT molecular complexity index is 577. The van der Waals surface area contributed by atoms with E-state index in [1.807, 2.05) is 24.3 Å². The van der Waals surface area contributed by atoms with Crippen molar-refractivity contribution in [3.63, 3.8) is 0 Å². The van der Waals surface area contributed by atoms with Crippen LogP contribution in [0.5, 0.6) is 11.5 Å². The first-order valence-electron chi connectivity index (χ1n) is 8.84. The number of hydrogen-bond acceptors (Lipinski definition) is 2. The smallest absolute Gasteiger partial charge is 0.178 e. The Balaban J connectivity index is 1.99. The Kier molecular flexibility index (Phi) is 5.58. The molecule has 0 bridgehead atoms. The Morgan fingerprint density at radius 1 is 0.583 bits per heavy atom. The minimum Gasteiger partial charge on any atom is -0.290 e. The number of benzene rings is 2. The van der Waals surface area contributed by atoms with Gasteiger partial charge in [-0.25, -0.2) is 0 Å². The summed E-state index contributed by atoms with van der Waals surface area (Å²) in [6.45, 7) is 13.4. The van der Waals surface area contributed by atoms with Gasteiger partial charge in [-0.05, 0) is 59.1 Å². The van der Waals surface area contributed by atoms with Crippen LogP contribution < -0.4 is 9.78 Å². The van der Waals surface area contributed by atoms with Crippen molar-refractivity contribution in [1.29, 1.82) is 0 Å². The molecule has 0 aliphatic rings. The first-order valence-corrected chi connectivity index (χ1v) is 8.84. The van der Waals surface area contributed by atoms with Crippen LogP contribution in [0.1, 0.15) is 65.5 Å². The van der Waals surface area contributed by atoms with Gasteiger partial charge in [0.25, 0.3) is 0 Å². The molecule has 0 spiro atoms. The predicted octanol–water partition coefficient (Wildman–Crippen LogP) is 6.43. The third-order valence-electron chi connectivity index (χ3n) is 5.27. The van der Waals surface area contributed by atoms with Gasteiger partial charge in [0, 0.05) is 0 Å². The molecule has 0 heterocycles. The summed E-state index contributed by atoms with van der Waals surface area (Å²) in [5, 5.41) is 0. The van der Waals surface area contributed by atoms with Gasteiger partial charge in [-0.1, -0.05) is 65.8 Å². The summed E-state index contributed by atoms with van der Waals surface area (Å²) >= 11 is 0. The quantitative estimate of drug-likeness (QED) is 0.431. The average molecular weight is 326 g/mol. The molecule has 2 aromatic carbocycles. The van der Waals surface area contributed by atoms with Crippen molar-refractivity contribution in [3.05, 3.63) is 59.7 Å². The minimum atomic E-state index is 0.182. The van der Waals surface area contributed by atoms with E-state index in [1.54, 1.807) is 0 Å². The zero-order valence-electron chi connectivity index (χ0n) is 15.8. The molecule has 0 unspecified atom stereocenters. The Hall–Kier alpha value is -1.96. The van der Waals surface area contributed by atoms with E-state index in [2.05, 4.69) is 65.8 Å². The van der Waals surface area contributed by atoms with Gasteiger partial charge in [-0.2, -0.15) is 0 Å². The third kappa shape index (κ3) is 4.31. The van der Waals surface area contributed by atoms with E-state index in [9.17, 15) is 0 Å². The topological polar surface area (TPSA) is 18.5 Å². The molecule has 2 heteroatoms. The molecule has 0 aromatic heterocycles. The molecule has 0 amide bonds. The summed E-state index contributed by atoms with van der Waals surface area (Å²) in [4.78, 5) is 10.9. The van der Waals surface area contributed by atoms with Crippen molar-refractivity contribution < 1.29 is 9.78 Å². The molecular weight excluding hydrogens is 296 g/mol. The molecule has 2 nitrogen and oxygen atoms in total. The maximum absolute atomic E-state index is 5.45. The summed E-state index contributed by atoms with van der Waals surface area (Å²) < 4.78 is 0. The van der Waals surface area contributed by atoms with Gasteiger partial charge in [0.15, 0.2) is 11.5 Å². The van der Waals surface area contributed by atoms with Gasteiger partial charge in [0.1, 0.15) is 0 Å². The normalized spacial score (nSPS) is 12.1. The monoisotopic (exact) mass is 326 g/mol.